The number of benzene rings is 2. The van der Waals surface area contributed by atoms with Crippen LogP contribution in [0.5, 0.6) is 0 Å². The predicted octanol–water partition coefficient (Wildman–Crippen LogP) is 1.87. The molecule has 0 aliphatic heterocycles. The highest BCUT2D eigenvalue weighted by molar-refractivity contribution is 5.97. The van der Waals surface area contributed by atoms with E-state index in [1.807, 2.05) is 61.5 Å². The molecule has 8 heteroatoms. The molecule has 0 fully saturated rings. The molecule has 8 nitrogen and oxygen atoms in total. The van der Waals surface area contributed by atoms with Crippen LogP contribution in [0.25, 0.3) is 16.9 Å². The maximum atomic E-state index is 12.7. The second-order valence-corrected chi connectivity index (χ2v) is 6.56. The van der Waals surface area contributed by atoms with Gasteiger partial charge in [0.2, 0.25) is 5.91 Å². The molecule has 30 heavy (non-hydrogen) atoms. The molecule has 0 atom stereocenters. The molecule has 3 aromatic rings. The molecule has 0 unspecified atom stereocenters. The van der Waals surface area contributed by atoms with Gasteiger partial charge >= 0.3 is 5.97 Å². The highest BCUT2D eigenvalue weighted by Gasteiger charge is 2.21. The van der Waals surface area contributed by atoms with Crippen molar-refractivity contribution < 1.29 is 19.1 Å². The summed E-state index contributed by atoms with van der Waals surface area (Å²) in [7, 11) is 1.46. The molecule has 0 radical (unpaired) electrons. The van der Waals surface area contributed by atoms with Crippen molar-refractivity contribution in [3.63, 3.8) is 0 Å². The monoisotopic (exact) mass is 406 g/mol. The minimum Gasteiger partial charge on any atom is -0.452 e. The van der Waals surface area contributed by atoms with Gasteiger partial charge in [0.1, 0.15) is 11.3 Å². The molecule has 0 aliphatic carbocycles. The standard InChI is InChI=1S/C22H22N4O4/c1-15-8-10-16(11-9-15)21-18(13-26(25-21)17-6-4-3-5-7-17)22(29)30-14-20(28)24-12-19(27)23-2/h3-11,13H,12,14H2,1-2H3,(H,23,27)(H,24,28). The summed E-state index contributed by atoms with van der Waals surface area (Å²) in [4.78, 5) is 35.7. The molecule has 0 saturated carbocycles. The second-order valence-electron chi connectivity index (χ2n) is 6.56. The highest BCUT2D eigenvalue weighted by atomic mass is 16.5. The Balaban J connectivity index is 1.82. The summed E-state index contributed by atoms with van der Waals surface area (Å²) in [5.74, 6) is -1.59. The fraction of sp³-hybridized carbons (Fsp3) is 0.182. The van der Waals surface area contributed by atoms with Crippen LogP contribution in [-0.4, -0.2) is 47.8 Å². The second kappa shape index (κ2) is 9.51. The van der Waals surface area contributed by atoms with E-state index in [1.54, 1.807) is 10.9 Å². The molecule has 2 N–H and O–H groups in total. The normalized spacial score (nSPS) is 10.3. The number of amides is 2. The van der Waals surface area contributed by atoms with Crippen LogP contribution in [0.4, 0.5) is 0 Å². The van der Waals surface area contributed by atoms with Crippen LogP contribution in [0.1, 0.15) is 15.9 Å². The summed E-state index contributed by atoms with van der Waals surface area (Å²) in [5.41, 5.74) is 3.31. The molecule has 1 heterocycles. The number of aryl methyl sites for hydroxylation is 1. The molecular weight excluding hydrogens is 384 g/mol. The Hall–Kier alpha value is -3.94. The highest BCUT2D eigenvalue weighted by Crippen LogP contribution is 2.25. The number of carbonyl (C=O) groups is 3. The summed E-state index contributed by atoms with van der Waals surface area (Å²) in [6, 6.07) is 17.0. The average Bonchev–Trinajstić information content (AvgIpc) is 3.22. The van der Waals surface area contributed by atoms with Crippen molar-refractivity contribution >= 4 is 17.8 Å². The number of nitrogens with one attached hydrogen (secondary N) is 2. The van der Waals surface area contributed by atoms with Gasteiger partial charge in [-0.1, -0.05) is 48.0 Å². The number of hydrogen-bond acceptors (Lipinski definition) is 5. The quantitative estimate of drug-likeness (QED) is 0.583. The number of esters is 1. The summed E-state index contributed by atoms with van der Waals surface area (Å²) in [5, 5.41) is 9.32. The van der Waals surface area contributed by atoms with Crippen molar-refractivity contribution in [1.29, 1.82) is 0 Å². The zero-order valence-electron chi connectivity index (χ0n) is 16.7. The molecule has 2 aromatic carbocycles. The van der Waals surface area contributed by atoms with Crippen LogP contribution in [0.15, 0.2) is 60.8 Å². The Morgan fingerprint density at radius 2 is 1.70 bits per heavy atom. The van der Waals surface area contributed by atoms with Crippen molar-refractivity contribution in [3.05, 3.63) is 71.9 Å². The third-order valence-corrected chi connectivity index (χ3v) is 4.34. The average molecular weight is 406 g/mol. The van der Waals surface area contributed by atoms with Gasteiger partial charge in [-0.15, -0.1) is 0 Å². The smallest absolute Gasteiger partial charge is 0.342 e. The van der Waals surface area contributed by atoms with E-state index in [0.717, 1.165) is 16.8 Å². The van der Waals surface area contributed by atoms with Gasteiger partial charge in [0.05, 0.1) is 12.2 Å². The van der Waals surface area contributed by atoms with Crippen molar-refractivity contribution in [2.75, 3.05) is 20.2 Å². The van der Waals surface area contributed by atoms with Crippen LogP contribution in [0.3, 0.4) is 0 Å². The first kappa shape index (κ1) is 20.8. The number of aromatic nitrogens is 2. The fourth-order valence-electron chi connectivity index (χ4n) is 2.69. The number of rotatable bonds is 7. The molecule has 0 saturated heterocycles. The topological polar surface area (TPSA) is 102 Å². The molecule has 0 spiro atoms. The van der Waals surface area contributed by atoms with Crippen LogP contribution < -0.4 is 10.6 Å². The summed E-state index contributed by atoms with van der Waals surface area (Å²) in [6.07, 6.45) is 1.58. The third kappa shape index (κ3) is 5.11. The first-order valence-electron chi connectivity index (χ1n) is 9.34. The predicted molar refractivity (Wildman–Crippen MR) is 111 cm³/mol. The first-order valence-corrected chi connectivity index (χ1v) is 9.34. The summed E-state index contributed by atoms with van der Waals surface area (Å²) < 4.78 is 6.75. The number of carbonyl (C=O) groups excluding carboxylic acids is 3. The van der Waals surface area contributed by atoms with Crippen LogP contribution in [0.2, 0.25) is 0 Å². The molecule has 3 rings (SSSR count). The molecule has 0 bridgehead atoms. The number of hydrogen-bond donors (Lipinski definition) is 2. The number of ether oxygens (including phenoxy) is 1. The SMILES string of the molecule is CNC(=O)CNC(=O)COC(=O)c1cn(-c2ccccc2)nc1-c1ccc(C)cc1. The lowest BCUT2D eigenvalue weighted by Gasteiger charge is -2.06. The number of likely N-dealkylation sites (N-methyl/N-ethyl adjacent to an activating group) is 1. The van der Waals surface area contributed by atoms with E-state index < -0.39 is 18.5 Å². The van der Waals surface area contributed by atoms with Gasteiger partial charge in [0.15, 0.2) is 6.61 Å². The molecular formula is C22H22N4O4. The van der Waals surface area contributed by atoms with Crippen molar-refractivity contribution in [3.8, 4) is 16.9 Å². The Kier molecular flexibility index (Phi) is 6.59. The molecule has 1 aromatic heterocycles. The van der Waals surface area contributed by atoms with Gasteiger partial charge in [-0.25, -0.2) is 9.48 Å². The van der Waals surface area contributed by atoms with Gasteiger partial charge in [-0.2, -0.15) is 5.10 Å². The van der Waals surface area contributed by atoms with E-state index in [4.69, 9.17) is 4.74 Å². The van der Waals surface area contributed by atoms with Crippen LogP contribution in [0, 0.1) is 6.92 Å². The number of nitrogens with zero attached hydrogens (tertiary/aromatic N) is 2. The van der Waals surface area contributed by atoms with Gasteiger partial charge in [0.25, 0.3) is 5.91 Å². The van der Waals surface area contributed by atoms with Crippen molar-refractivity contribution in [1.82, 2.24) is 20.4 Å². The minimum absolute atomic E-state index is 0.187. The Morgan fingerprint density at radius 1 is 1.00 bits per heavy atom. The maximum Gasteiger partial charge on any atom is 0.342 e. The largest absolute Gasteiger partial charge is 0.452 e. The molecule has 2 amide bonds. The fourth-order valence-corrected chi connectivity index (χ4v) is 2.69. The van der Waals surface area contributed by atoms with E-state index in [9.17, 15) is 14.4 Å². The van der Waals surface area contributed by atoms with Gasteiger partial charge in [-0.3, -0.25) is 9.59 Å². The van der Waals surface area contributed by atoms with E-state index in [1.165, 1.54) is 7.05 Å². The van der Waals surface area contributed by atoms with Crippen molar-refractivity contribution in [2.45, 2.75) is 6.92 Å². The van der Waals surface area contributed by atoms with Crippen molar-refractivity contribution in [2.24, 2.45) is 0 Å². The van der Waals surface area contributed by atoms with Crippen LogP contribution in [-0.2, 0) is 14.3 Å². The Labute approximate surface area is 173 Å². The Bertz CT molecular complexity index is 1040. The van der Waals surface area contributed by atoms with E-state index >= 15 is 0 Å². The van der Waals surface area contributed by atoms with E-state index in [2.05, 4.69) is 15.7 Å². The first-order chi connectivity index (χ1) is 14.5. The molecule has 0 aliphatic rings. The van der Waals surface area contributed by atoms with Gasteiger partial charge < -0.3 is 15.4 Å². The van der Waals surface area contributed by atoms with Crippen LogP contribution >= 0.6 is 0 Å². The zero-order valence-corrected chi connectivity index (χ0v) is 16.7. The number of para-hydroxylation sites is 1. The van der Waals surface area contributed by atoms with E-state index in [-0.39, 0.29) is 18.0 Å². The lowest BCUT2D eigenvalue weighted by Crippen LogP contribution is -2.37. The van der Waals surface area contributed by atoms with Gasteiger partial charge in [-0.05, 0) is 19.1 Å². The zero-order chi connectivity index (χ0) is 21.5. The summed E-state index contributed by atoms with van der Waals surface area (Å²) in [6.45, 7) is 1.28. The lowest BCUT2D eigenvalue weighted by atomic mass is 10.1. The maximum absolute atomic E-state index is 12.7. The lowest BCUT2D eigenvalue weighted by molar-refractivity contribution is -0.127. The minimum atomic E-state index is -0.678. The third-order valence-electron chi connectivity index (χ3n) is 4.34. The van der Waals surface area contributed by atoms with Gasteiger partial charge in [0, 0.05) is 18.8 Å². The Morgan fingerprint density at radius 3 is 2.37 bits per heavy atom. The molecule has 154 valence electrons. The summed E-state index contributed by atoms with van der Waals surface area (Å²) >= 11 is 0. The van der Waals surface area contributed by atoms with E-state index in [0.29, 0.717) is 5.69 Å².